The number of benzene rings is 1. The first kappa shape index (κ1) is 9.56. The van der Waals surface area contributed by atoms with Gasteiger partial charge < -0.3 is 0 Å². The minimum atomic E-state index is 0.597. The van der Waals surface area contributed by atoms with Crippen LogP contribution in [0.15, 0.2) is 30.3 Å². The van der Waals surface area contributed by atoms with Crippen LogP contribution >= 0.6 is 23.2 Å². The van der Waals surface area contributed by atoms with Gasteiger partial charge in [-0.1, -0.05) is 41.4 Å². The van der Waals surface area contributed by atoms with Crippen LogP contribution in [-0.2, 0) is 7.05 Å². The van der Waals surface area contributed by atoms with Crippen molar-refractivity contribution in [3.05, 3.63) is 40.5 Å². The zero-order chi connectivity index (χ0) is 10.1. The van der Waals surface area contributed by atoms with E-state index < -0.39 is 0 Å². The summed E-state index contributed by atoms with van der Waals surface area (Å²) in [6, 6.07) is 9.35. The van der Waals surface area contributed by atoms with E-state index >= 15 is 0 Å². The van der Waals surface area contributed by atoms with Crippen LogP contribution in [0.5, 0.6) is 0 Å². The van der Waals surface area contributed by atoms with Crippen molar-refractivity contribution in [1.29, 1.82) is 0 Å². The second-order valence-corrected chi connectivity index (χ2v) is 3.75. The molecule has 14 heavy (non-hydrogen) atoms. The molecule has 0 bridgehead atoms. The fraction of sp³-hybridized carbons (Fsp3) is 0.100. The molecule has 0 aliphatic carbocycles. The highest BCUT2D eigenvalue weighted by molar-refractivity contribution is 6.33. The molecule has 0 unspecified atom stereocenters. The van der Waals surface area contributed by atoms with Crippen molar-refractivity contribution in [3.63, 3.8) is 0 Å². The number of hydrogen-bond acceptors (Lipinski definition) is 1. The highest BCUT2D eigenvalue weighted by atomic mass is 35.5. The Labute approximate surface area is 92.1 Å². The summed E-state index contributed by atoms with van der Waals surface area (Å²) in [5.74, 6) is 0. The third kappa shape index (κ3) is 1.63. The first-order chi connectivity index (χ1) is 6.68. The molecule has 0 amide bonds. The Morgan fingerprint density at radius 2 is 1.93 bits per heavy atom. The lowest BCUT2D eigenvalue weighted by atomic mass is 10.2. The summed E-state index contributed by atoms with van der Waals surface area (Å²) < 4.78 is 1.61. The molecule has 0 aliphatic rings. The van der Waals surface area contributed by atoms with E-state index in [1.165, 1.54) is 0 Å². The van der Waals surface area contributed by atoms with Gasteiger partial charge >= 0.3 is 0 Å². The zero-order valence-electron chi connectivity index (χ0n) is 7.54. The predicted octanol–water partition coefficient (Wildman–Crippen LogP) is 3.39. The first-order valence-electron chi connectivity index (χ1n) is 4.13. The van der Waals surface area contributed by atoms with E-state index in [1.54, 1.807) is 17.8 Å². The maximum absolute atomic E-state index is 6.03. The molecule has 0 saturated heterocycles. The lowest BCUT2D eigenvalue weighted by molar-refractivity contribution is 0.772. The molecule has 0 fully saturated rings. The molecule has 1 aromatic carbocycles. The number of rotatable bonds is 1. The highest BCUT2D eigenvalue weighted by Gasteiger charge is 2.07. The quantitative estimate of drug-likeness (QED) is 0.730. The topological polar surface area (TPSA) is 17.8 Å². The number of hydrogen-bond donors (Lipinski definition) is 0. The average molecular weight is 227 g/mol. The molecule has 0 spiro atoms. The Hall–Kier alpha value is -0.990. The zero-order valence-corrected chi connectivity index (χ0v) is 9.05. The molecule has 2 aromatic rings. The maximum atomic E-state index is 6.03. The second kappa shape index (κ2) is 3.64. The van der Waals surface area contributed by atoms with Crippen LogP contribution < -0.4 is 0 Å². The monoisotopic (exact) mass is 226 g/mol. The lowest BCUT2D eigenvalue weighted by Gasteiger charge is -1.98. The van der Waals surface area contributed by atoms with Crippen molar-refractivity contribution >= 4 is 23.2 Å². The van der Waals surface area contributed by atoms with Crippen LogP contribution in [0.25, 0.3) is 11.3 Å². The van der Waals surface area contributed by atoms with Crippen molar-refractivity contribution < 1.29 is 0 Å². The molecule has 0 saturated carbocycles. The Kier molecular flexibility index (Phi) is 2.48. The second-order valence-electron chi connectivity index (χ2n) is 2.96. The van der Waals surface area contributed by atoms with E-state index in [9.17, 15) is 0 Å². The molecule has 1 aromatic heterocycles. The molecular formula is C10H8Cl2N2. The standard InChI is InChI=1S/C10H8Cl2N2/c1-14-10(12)6-9(13-14)7-4-2-3-5-8(7)11/h2-6H,1H3. The summed E-state index contributed by atoms with van der Waals surface area (Å²) in [7, 11) is 1.79. The molecule has 0 radical (unpaired) electrons. The van der Waals surface area contributed by atoms with Gasteiger partial charge in [-0.05, 0) is 6.07 Å². The predicted molar refractivity (Wildman–Crippen MR) is 58.7 cm³/mol. The summed E-state index contributed by atoms with van der Waals surface area (Å²) in [5, 5.41) is 5.52. The molecular weight excluding hydrogens is 219 g/mol. The fourth-order valence-electron chi connectivity index (χ4n) is 1.25. The third-order valence-corrected chi connectivity index (χ3v) is 2.66. The van der Waals surface area contributed by atoms with Gasteiger partial charge in [-0.2, -0.15) is 5.10 Å². The fourth-order valence-corrected chi connectivity index (χ4v) is 1.62. The largest absolute Gasteiger partial charge is 0.256 e. The summed E-state index contributed by atoms with van der Waals surface area (Å²) in [6.45, 7) is 0. The van der Waals surface area contributed by atoms with Crippen LogP contribution in [0.4, 0.5) is 0 Å². The van der Waals surface area contributed by atoms with Crippen LogP contribution in [0, 0.1) is 0 Å². The van der Waals surface area contributed by atoms with Crippen molar-refractivity contribution in [1.82, 2.24) is 9.78 Å². The number of halogens is 2. The van der Waals surface area contributed by atoms with E-state index in [0.717, 1.165) is 11.3 Å². The number of nitrogens with zero attached hydrogens (tertiary/aromatic N) is 2. The Balaban J connectivity index is 2.55. The van der Waals surface area contributed by atoms with Crippen molar-refractivity contribution in [2.75, 3.05) is 0 Å². The average Bonchev–Trinajstić information content (AvgIpc) is 2.48. The molecule has 0 atom stereocenters. The summed E-state index contributed by atoms with van der Waals surface area (Å²) in [4.78, 5) is 0. The molecule has 72 valence electrons. The molecule has 4 heteroatoms. The maximum Gasteiger partial charge on any atom is 0.127 e. The lowest BCUT2D eigenvalue weighted by Crippen LogP contribution is -1.89. The van der Waals surface area contributed by atoms with E-state index in [2.05, 4.69) is 5.10 Å². The number of aromatic nitrogens is 2. The normalized spacial score (nSPS) is 10.5. The van der Waals surface area contributed by atoms with Gasteiger partial charge in [0, 0.05) is 18.7 Å². The van der Waals surface area contributed by atoms with Crippen LogP contribution in [0.1, 0.15) is 0 Å². The van der Waals surface area contributed by atoms with Crippen molar-refractivity contribution in [2.24, 2.45) is 7.05 Å². The van der Waals surface area contributed by atoms with Gasteiger partial charge in [0.2, 0.25) is 0 Å². The van der Waals surface area contributed by atoms with Gasteiger partial charge in [-0.25, -0.2) is 0 Å². The van der Waals surface area contributed by atoms with E-state index in [-0.39, 0.29) is 0 Å². The Bertz CT molecular complexity index is 443. The molecule has 2 rings (SSSR count). The Morgan fingerprint density at radius 1 is 1.21 bits per heavy atom. The molecule has 0 aliphatic heterocycles. The molecule has 2 nitrogen and oxygen atoms in total. The van der Waals surface area contributed by atoms with Gasteiger partial charge in [-0.15, -0.1) is 0 Å². The smallest absolute Gasteiger partial charge is 0.127 e. The van der Waals surface area contributed by atoms with Crippen LogP contribution in [-0.4, -0.2) is 9.78 Å². The molecule has 1 heterocycles. The van der Waals surface area contributed by atoms with E-state index in [0.29, 0.717) is 10.2 Å². The molecule has 0 N–H and O–H groups in total. The minimum absolute atomic E-state index is 0.597. The summed E-state index contributed by atoms with van der Waals surface area (Å²) in [5.41, 5.74) is 1.69. The van der Waals surface area contributed by atoms with Gasteiger partial charge in [0.15, 0.2) is 0 Å². The Morgan fingerprint density at radius 3 is 2.50 bits per heavy atom. The minimum Gasteiger partial charge on any atom is -0.256 e. The van der Waals surface area contributed by atoms with Crippen LogP contribution in [0.2, 0.25) is 10.2 Å². The van der Waals surface area contributed by atoms with E-state index in [4.69, 9.17) is 23.2 Å². The first-order valence-corrected chi connectivity index (χ1v) is 4.88. The highest BCUT2D eigenvalue weighted by Crippen LogP contribution is 2.27. The number of aryl methyl sites for hydroxylation is 1. The van der Waals surface area contributed by atoms with Crippen molar-refractivity contribution in [2.45, 2.75) is 0 Å². The van der Waals surface area contributed by atoms with Gasteiger partial charge in [0.25, 0.3) is 0 Å². The summed E-state index contributed by atoms with van der Waals surface area (Å²) in [6.07, 6.45) is 0. The van der Waals surface area contributed by atoms with Crippen molar-refractivity contribution in [3.8, 4) is 11.3 Å². The van der Waals surface area contributed by atoms with Gasteiger partial charge in [-0.3, -0.25) is 4.68 Å². The van der Waals surface area contributed by atoms with Gasteiger partial charge in [0.1, 0.15) is 5.15 Å². The van der Waals surface area contributed by atoms with Crippen LogP contribution in [0.3, 0.4) is 0 Å². The SMILES string of the molecule is Cn1nc(-c2ccccc2Cl)cc1Cl. The third-order valence-electron chi connectivity index (χ3n) is 1.97. The summed E-state index contributed by atoms with van der Waals surface area (Å²) >= 11 is 11.9. The van der Waals surface area contributed by atoms with Gasteiger partial charge in [0.05, 0.1) is 10.7 Å². The van der Waals surface area contributed by atoms with E-state index in [1.807, 2.05) is 24.3 Å².